The van der Waals surface area contributed by atoms with E-state index in [2.05, 4.69) is 70.3 Å². The average Bonchev–Trinajstić information content (AvgIpc) is 2.83. The predicted molar refractivity (Wildman–Crippen MR) is 89.2 cm³/mol. The second-order valence-electron chi connectivity index (χ2n) is 5.80. The van der Waals surface area contributed by atoms with Crippen molar-refractivity contribution in [3.63, 3.8) is 0 Å². The smallest absolute Gasteiger partial charge is 0.138 e. The third kappa shape index (κ3) is 4.14. The second-order valence-corrected chi connectivity index (χ2v) is 6.71. The van der Waals surface area contributed by atoms with Gasteiger partial charge < -0.3 is 5.32 Å². The van der Waals surface area contributed by atoms with Crippen molar-refractivity contribution in [1.82, 2.24) is 20.1 Å². The minimum Gasteiger partial charge on any atom is -0.313 e. The molecule has 0 saturated carbocycles. The molecule has 5 heteroatoms. The van der Waals surface area contributed by atoms with Crippen molar-refractivity contribution in [2.45, 2.75) is 39.8 Å². The highest BCUT2D eigenvalue weighted by atomic mass is 79.9. The van der Waals surface area contributed by atoms with Gasteiger partial charge in [-0.15, -0.1) is 0 Å². The molecular weight excluding hydrogens is 328 g/mol. The summed E-state index contributed by atoms with van der Waals surface area (Å²) in [7, 11) is 2.00. The molecule has 114 valence electrons. The molecule has 1 N–H and O–H groups in total. The minimum absolute atomic E-state index is 0.244. The van der Waals surface area contributed by atoms with Gasteiger partial charge in [0.1, 0.15) is 12.2 Å². The molecule has 0 aliphatic carbocycles. The van der Waals surface area contributed by atoms with Crippen LogP contribution in [0.15, 0.2) is 29.0 Å². The van der Waals surface area contributed by atoms with Gasteiger partial charge >= 0.3 is 0 Å². The van der Waals surface area contributed by atoms with Gasteiger partial charge in [0.2, 0.25) is 0 Å². The highest BCUT2D eigenvalue weighted by Crippen LogP contribution is 2.24. The molecule has 0 bridgehead atoms. The van der Waals surface area contributed by atoms with E-state index >= 15 is 0 Å². The lowest BCUT2D eigenvalue weighted by Gasteiger charge is -2.19. The Morgan fingerprint density at radius 2 is 2.10 bits per heavy atom. The molecule has 0 radical (unpaired) electrons. The standard InChI is InChI=1S/C16H23BrN4/c1-11(2)9-21-16(19-10-20-21)8-15(18-4)14-6-5-13(17)7-12(14)3/h5-7,10-11,15,18H,8-9H2,1-4H3. The molecule has 1 aromatic carbocycles. The fraction of sp³-hybridized carbons (Fsp3) is 0.500. The van der Waals surface area contributed by atoms with Crippen molar-refractivity contribution in [1.29, 1.82) is 0 Å². The lowest BCUT2D eigenvalue weighted by molar-refractivity contribution is 0.451. The van der Waals surface area contributed by atoms with Crippen molar-refractivity contribution < 1.29 is 0 Å². The van der Waals surface area contributed by atoms with Crippen LogP contribution in [0.25, 0.3) is 0 Å². The van der Waals surface area contributed by atoms with Crippen LogP contribution < -0.4 is 5.32 Å². The maximum Gasteiger partial charge on any atom is 0.138 e. The van der Waals surface area contributed by atoms with Crippen LogP contribution >= 0.6 is 15.9 Å². The van der Waals surface area contributed by atoms with Crippen molar-refractivity contribution in [3.05, 3.63) is 46.0 Å². The number of likely N-dealkylation sites (N-methyl/N-ethyl adjacent to an activating group) is 1. The Labute approximate surface area is 135 Å². The predicted octanol–water partition coefficient (Wildman–Crippen LogP) is 3.51. The lowest BCUT2D eigenvalue weighted by Crippen LogP contribution is -2.22. The molecule has 0 spiro atoms. The van der Waals surface area contributed by atoms with E-state index in [1.165, 1.54) is 11.1 Å². The molecule has 21 heavy (non-hydrogen) atoms. The number of hydrogen-bond donors (Lipinski definition) is 1. The first kappa shape index (κ1) is 16.2. The first-order valence-electron chi connectivity index (χ1n) is 7.31. The van der Waals surface area contributed by atoms with Gasteiger partial charge in [0.25, 0.3) is 0 Å². The maximum absolute atomic E-state index is 4.43. The van der Waals surface area contributed by atoms with Crippen molar-refractivity contribution in [3.8, 4) is 0 Å². The molecule has 0 aliphatic heterocycles. The summed E-state index contributed by atoms with van der Waals surface area (Å²) in [5.74, 6) is 1.60. The SMILES string of the molecule is CNC(Cc1ncnn1CC(C)C)c1ccc(Br)cc1C. The molecule has 1 atom stereocenters. The van der Waals surface area contributed by atoms with Gasteiger partial charge in [-0.2, -0.15) is 5.10 Å². The van der Waals surface area contributed by atoms with Crippen LogP contribution in [0, 0.1) is 12.8 Å². The summed E-state index contributed by atoms with van der Waals surface area (Å²) in [6, 6.07) is 6.65. The molecule has 2 rings (SSSR count). The second kappa shape index (κ2) is 7.18. The third-order valence-corrected chi connectivity index (χ3v) is 4.07. The summed E-state index contributed by atoms with van der Waals surface area (Å²) >= 11 is 3.52. The van der Waals surface area contributed by atoms with E-state index in [1.807, 2.05) is 11.7 Å². The molecule has 1 heterocycles. The van der Waals surface area contributed by atoms with Crippen molar-refractivity contribution in [2.75, 3.05) is 7.05 Å². The molecule has 0 aliphatic rings. The number of hydrogen-bond acceptors (Lipinski definition) is 3. The Kier molecular flexibility index (Phi) is 5.53. The lowest BCUT2D eigenvalue weighted by atomic mass is 9.98. The molecule has 0 fully saturated rings. The van der Waals surface area contributed by atoms with E-state index in [0.717, 1.165) is 23.3 Å². The van der Waals surface area contributed by atoms with Crippen LogP contribution in [0.2, 0.25) is 0 Å². The largest absolute Gasteiger partial charge is 0.313 e. The number of nitrogens with one attached hydrogen (secondary N) is 1. The van der Waals surface area contributed by atoms with Crippen LogP contribution in [-0.4, -0.2) is 21.8 Å². The molecule has 1 aromatic heterocycles. The highest BCUT2D eigenvalue weighted by Gasteiger charge is 2.16. The normalized spacial score (nSPS) is 12.9. The summed E-state index contributed by atoms with van der Waals surface area (Å²) in [6.07, 6.45) is 2.49. The first-order chi connectivity index (χ1) is 10.0. The van der Waals surface area contributed by atoms with E-state index in [-0.39, 0.29) is 6.04 Å². The quantitative estimate of drug-likeness (QED) is 0.866. The van der Waals surface area contributed by atoms with Crippen LogP contribution in [0.3, 0.4) is 0 Å². The Bertz CT molecular complexity index is 592. The van der Waals surface area contributed by atoms with Crippen LogP contribution in [0.1, 0.15) is 36.8 Å². The van der Waals surface area contributed by atoms with E-state index < -0.39 is 0 Å². The maximum atomic E-state index is 4.43. The molecule has 4 nitrogen and oxygen atoms in total. The van der Waals surface area contributed by atoms with Crippen molar-refractivity contribution >= 4 is 15.9 Å². The number of rotatable bonds is 6. The van der Waals surface area contributed by atoms with Crippen LogP contribution in [0.4, 0.5) is 0 Å². The van der Waals surface area contributed by atoms with Gasteiger partial charge in [-0.05, 0) is 43.1 Å². The molecule has 0 amide bonds. The molecule has 0 saturated heterocycles. The molecule has 1 unspecified atom stereocenters. The minimum atomic E-state index is 0.244. The van der Waals surface area contributed by atoms with Crippen LogP contribution in [0.5, 0.6) is 0 Å². The number of nitrogens with zero attached hydrogens (tertiary/aromatic N) is 3. The highest BCUT2D eigenvalue weighted by molar-refractivity contribution is 9.10. The van der Waals surface area contributed by atoms with Crippen LogP contribution in [-0.2, 0) is 13.0 Å². The number of halogens is 1. The van der Waals surface area contributed by atoms with Gasteiger partial charge in [0.05, 0.1) is 0 Å². The fourth-order valence-electron chi connectivity index (χ4n) is 2.52. The zero-order valence-electron chi connectivity index (χ0n) is 13.1. The summed E-state index contributed by atoms with van der Waals surface area (Å²) in [5, 5.41) is 7.75. The summed E-state index contributed by atoms with van der Waals surface area (Å²) in [4.78, 5) is 4.43. The number of aryl methyl sites for hydroxylation is 1. The summed E-state index contributed by atoms with van der Waals surface area (Å²) in [5.41, 5.74) is 2.58. The van der Waals surface area contributed by atoms with Gasteiger partial charge in [0.15, 0.2) is 0 Å². The molecular formula is C16H23BrN4. The van der Waals surface area contributed by atoms with Gasteiger partial charge in [-0.3, -0.25) is 0 Å². The first-order valence-corrected chi connectivity index (χ1v) is 8.10. The van der Waals surface area contributed by atoms with Gasteiger partial charge in [0, 0.05) is 23.5 Å². The number of aromatic nitrogens is 3. The Balaban J connectivity index is 2.21. The third-order valence-electron chi connectivity index (χ3n) is 3.58. The monoisotopic (exact) mass is 350 g/mol. The fourth-order valence-corrected chi connectivity index (χ4v) is 3.00. The Morgan fingerprint density at radius 3 is 2.71 bits per heavy atom. The zero-order chi connectivity index (χ0) is 15.4. The Hall–Kier alpha value is -1.20. The Morgan fingerprint density at radius 1 is 1.33 bits per heavy atom. The van der Waals surface area contributed by atoms with Crippen molar-refractivity contribution in [2.24, 2.45) is 5.92 Å². The summed E-state index contributed by atoms with van der Waals surface area (Å²) < 4.78 is 3.13. The van der Waals surface area contributed by atoms with E-state index in [0.29, 0.717) is 5.92 Å². The van der Waals surface area contributed by atoms with E-state index in [9.17, 15) is 0 Å². The van der Waals surface area contributed by atoms with Gasteiger partial charge in [-0.25, -0.2) is 9.67 Å². The average molecular weight is 351 g/mol. The van der Waals surface area contributed by atoms with E-state index in [1.54, 1.807) is 6.33 Å². The molecule has 2 aromatic rings. The summed E-state index contributed by atoms with van der Waals surface area (Å²) in [6.45, 7) is 7.44. The topological polar surface area (TPSA) is 42.7 Å². The van der Waals surface area contributed by atoms with E-state index in [4.69, 9.17) is 0 Å². The van der Waals surface area contributed by atoms with Gasteiger partial charge in [-0.1, -0.05) is 35.8 Å². The zero-order valence-corrected chi connectivity index (χ0v) is 14.7. The number of benzene rings is 1.